The third kappa shape index (κ3) is 55.5. The quantitative estimate of drug-likeness (QED) is 0.0261. The van der Waals surface area contributed by atoms with Gasteiger partial charge in [-0.1, -0.05) is 241 Å². The maximum atomic E-state index is 12.8. The highest BCUT2D eigenvalue weighted by Crippen LogP contribution is 2.16. The van der Waals surface area contributed by atoms with Gasteiger partial charge in [-0.15, -0.1) is 0 Å². The fraction of sp³-hybridized carbons (Fsp3) is 0.734. The van der Waals surface area contributed by atoms with Crippen molar-refractivity contribution in [3.05, 3.63) is 85.1 Å². The third-order valence-corrected chi connectivity index (χ3v) is 12.6. The van der Waals surface area contributed by atoms with Crippen molar-refractivity contribution in [1.82, 2.24) is 0 Å². The Morgan fingerprint density at radius 1 is 0.300 bits per heavy atom. The molecule has 0 saturated carbocycles. The highest BCUT2D eigenvalue weighted by Gasteiger charge is 2.19. The molecule has 0 spiro atoms. The summed E-state index contributed by atoms with van der Waals surface area (Å²) in [5, 5.41) is 0. The summed E-state index contributed by atoms with van der Waals surface area (Å²) in [6, 6.07) is 0. The summed E-state index contributed by atoms with van der Waals surface area (Å²) in [5.41, 5.74) is 0. The molecule has 0 fully saturated rings. The van der Waals surface area contributed by atoms with Crippen LogP contribution in [-0.4, -0.2) is 37.2 Å². The Kier molecular flexibility index (Phi) is 55.3. The average Bonchev–Trinajstić information content (AvgIpc) is 3.36. The molecule has 0 aliphatic heterocycles. The summed E-state index contributed by atoms with van der Waals surface area (Å²) in [7, 11) is 0. The van der Waals surface area contributed by atoms with Crippen molar-refractivity contribution in [2.75, 3.05) is 13.2 Å². The summed E-state index contributed by atoms with van der Waals surface area (Å²) in [6.07, 6.45) is 75.9. The lowest BCUT2D eigenvalue weighted by atomic mass is 10.0. The molecule has 0 bridgehead atoms. The SMILES string of the molecule is CC/C=C\C/C=C\C/C=C\C/C=C\C/C=C\CCCCCCCCCCCCCCCC(=O)OCC(COC(=O)CCCCCCC/C=C\CCCC)OC(=O)CCCCCCC/C=C\CCCCC. The minimum Gasteiger partial charge on any atom is -0.462 e. The molecule has 6 nitrogen and oxygen atoms in total. The summed E-state index contributed by atoms with van der Waals surface area (Å²) < 4.78 is 16.8. The van der Waals surface area contributed by atoms with Crippen LogP contribution in [0.5, 0.6) is 0 Å². The Morgan fingerprint density at radius 3 is 0.929 bits per heavy atom. The first-order chi connectivity index (χ1) is 34.5. The highest BCUT2D eigenvalue weighted by atomic mass is 16.6. The van der Waals surface area contributed by atoms with E-state index in [1.807, 2.05) is 0 Å². The van der Waals surface area contributed by atoms with Gasteiger partial charge < -0.3 is 14.2 Å². The first-order valence-electron chi connectivity index (χ1n) is 29.6. The summed E-state index contributed by atoms with van der Waals surface area (Å²) in [4.78, 5) is 38.0. The van der Waals surface area contributed by atoms with Gasteiger partial charge in [-0.25, -0.2) is 0 Å². The summed E-state index contributed by atoms with van der Waals surface area (Å²) in [6.45, 7) is 6.46. The smallest absolute Gasteiger partial charge is 0.306 e. The van der Waals surface area contributed by atoms with Gasteiger partial charge in [0.15, 0.2) is 6.10 Å². The molecule has 402 valence electrons. The second-order valence-corrected chi connectivity index (χ2v) is 19.5. The number of esters is 3. The monoisotopic (exact) mass is 975 g/mol. The van der Waals surface area contributed by atoms with E-state index in [0.29, 0.717) is 19.3 Å². The molecule has 70 heavy (non-hydrogen) atoms. The molecule has 1 unspecified atom stereocenters. The zero-order valence-corrected chi connectivity index (χ0v) is 46.0. The standard InChI is InChI=1S/C64H110O6/c1-4-7-10-13-16-19-22-24-25-26-27-28-29-30-31-32-33-34-35-36-37-38-39-40-43-45-48-51-54-57-63(66)69-60-61(59-68-62(65)56-53-50-47-44-41-21-18-15-12-9-6-3)70-64(67)58-55-52-49-46-42-23-20-17-14-11-8-5-2/h7,10,15-20,24-25,27-28,30-31,61H,4-6,8-9,11-14,21-23,26,29,32-60H2,1-3H3/b10-7-,18-15-,19-16-,20-17-,25-24-,28-27-,31-30-. The van der Waals surface area contributed by atoms with E-state index in [9.17, 15) is 14.4 Å². The number of hydrogen-bond acceptors (Lipinski definition) is 6. The van der Waals surface area contributed by atoms with Gasteiger partial charge in [0, 0.05) is 19.3 Å². The van der Waals surface area contributed by atoms with Crippen LogP contribution in [0.25, 0.3) is 0 Å². The zero-order chi connectivity index (χ0) is 50.7. The third-order valence-electron chi connectivity index (χ3n) is 12.6. The van der Waals surface area contributed by atoms with E-state index in [1.54, 1.807) is 0 Å². The second-order valence-electron chi connectivity index (χ2n) is 19.5. The van der Waals surface area contributed by atoms with Gasteiger partial charge in [0.1, 0.15) is 13.2 Å². The van der Waals surface area contributed by atoms with Crippen molar-refractivity contribution in [3.63, 3.8) is 0 Å². The predicted molar refractivity (Wildman–Crippen MR) is 302 cm³/mol. The number of unbranched alkanes of at least 4 members (excludes halogenated alkanes) is 28. The van der Waals surface area contributed by atoms with E-state index in [1.165, 1.54) is 135 Å². The van der Waals surface area contributed by atoms with Crippen LogP contribution in [0.1, 0.15) is 284 Å². The van der Waals surface area contributed by atoms with Crippen LogP contribution in [0.4, 0.5) is 0 Å². The largest absolute Gasteiger partial charge is 0.462 e. The Labute approximate surface area is 433 Å². The van der Waals surface area contributed by atoms with Gasteiger partial charge in [0.25, 0.3) is 0 Å². The normalized spacial score (nSPS) is 12.7. The number of hydrogen-bond donors (Lipinski definition) is 0. The van der Waals surface area contributed by atoms with E-state index < -0.39 is 6.10 Å². The minimum absolute atomic E-state index is 0.0815. The second kappa shape index (κ2) is 58.2. The molecule has 0 radical (unpaired) electrons. The maximum Gasteiger partial charge on any atom is 0.306 e. The molecular formula is C64H110O6. The topological polar surface area (TPSA) is 78.9 Å². The lowest BCUT2D eigenvalue weighted by Gasteiger charge is -2.18. The molecule has 0 aromatic heterocycles. The molecule has 0 amide bonds. The molecule has 6 heteroatoms. The van der Waals surface area contributed by atoms with Gasteiger partial charge in [-0.3, -0.25) is 14.4 Å². The van der Waals surface area contributed by atoms with Crippen LogP contribution in [0.15, 0.2) is 85.1 Å². The number of ether oxygens (including phenoxy) is 3. The van der Waals surface area contributed by atoms with E-state index in [0.717, 1.165) is 109 Å². The van der Waals surface area contributed by atoms with E-state index in [4.69, 9.17) is 14.2 Å². The Hall–Kier alpha value is -3.41. The van der Waals surface area contributed by atoms with Crippen molar-refractivity contribution in [3.8, 4) is 0 Å². The highest BCUT2D eigenvalue weighted by molar-refractivity contribution is 5.71. The first kappa shape index (κ1) is 66.6. The predicted octanol–water partition coefficient (Wildman–Crippen LogP) is 19.9. The lowest BCUT2D eigenvalue weighted by Crippen LogP contribution is -2.30. The lowest BCUT2D eigenvalue weighted by molar-refractivity contribution is -0.167. The summed E-state index contributed by atoms with van der Waals surface area (Å²) in [5.74, 6) is -0.897. The van der Waals surface area contributed by atoms with Gasteiger partial charge in [-0.05, 0) is 109 Å². The van der Waals surface area contributed by atoms with Crippen LogP contribution < -0.4 is 0 Å². The molecule has 0 heterocycles. The first-order valence-corrected chi connectivity index (χ1v) is 29.6. The molecular weight excluding hydrogens is 865 g/mol. The molecule has 0 saturated heterocycles. The van der Waals surface area contributed by atoms with Gasteiger partial charge in [0.2, 0.25) is 0 Å². The van der Waals surface area contributed by atoms with Crippen molar-refractivity contribution in [2.45, 2.75) is 290 Å². The molecule has 0 rings (SSSR count). The number of rotatable bonds is 53. The number of allylic oxidation sites excluding steroid dienone is 14. The molecule has 0 aromatic rings. The Morgan fingerprint density at radius 2 is 0.571 bits per heavy atom. The van der Waals surface area contributed by atoms with Crippen LogP contribution in [-0.2, 0) is 28.6 Å². The van der Waals surface area contributed by atoms with Crippen molar-refractivity contribution >= 4 is 17.9 Å². The van der Waals surface area contributed by atoms with Crippen molar-refractivity contribution < 1.29 is 28.6 Å². The molecule has 0 aromatic carbocycles. The fourth-order valence-electron chi connectivity index (χ4n) is 8.15. The van der Waals surface area contributed by atoms with E-state index in [2.05, 4.69) is 106 Å². The van der Waals surface area contributed by atoms with E-state index >= 15 is 0 Å². The zero-order valence-electron chi connectivity index (χ0n) is 46.0. The number of carbonyl (C=O) groups excluding carboxylic acids is 3. The van der Waals surface area contributed by atoms with Gasteiger partial charge in [-0.2, -0.15) is 0 Å². The van der Waals surface area contributed by atoms with E-state index in [-0.39, 0.29) is 31.1 Å². The van der Waals surface area contributed by atoms with Crippen LogP contribution in [0, 0.1) is 0 Å². The number of carbonyl (C=O) groups is 3. The molecule has 0 aliphatic rings. The van der Waals surface area contributed by atoms with Gasteiger partial charge in [0.05, 0.1) is 0 Å². The van der Waals surface area contributed by atoms with Crippen LogP contribution in [0.3, 0.4) is 0 Å². The van der Waals surface area contributed by atoms with Crippen LogP contribution in [0.2, 0.25) is 0 Å². The van der Waals surface area contributed by atoms with Crippen molar-refractivity contribution in [1.29, 1.82) is 0 Å². The molecule has 0 N–H and O–H groups in total. The molecule has 0 aliphatic carbocycles. The average molecular weight is 976 g/mol. The van der Waals surface area contributed by atoms with Gasteiger partial charge >= 0.3 is 17.9 Å². The minimum atomic E-state index is -0.782. The fourth-order valence-corrected chi connectivity index (χ4v) is 8.15. The molecule has 1 atom stereocenters. The van der Waals surface area contributed by atoms with Crippen molar-refractivity contribution in [2.24, 2.45) is 0 Å². The van der Waals surface area contributed by atoms with Crippen LogP contribution >= 0.6 is 0 Å². The Balaban J connectivity index is 4.16. The summed E-state index contributed by atoms with van der Waals surface area (Å²) >= 11 is 0. The Bertz CT molecular complexity index is 1350. The maximum absolute atomic E-state index is 12.8.